The van der Waals surface area contributed by atoms with Crippen molar-refractivity contribution in [2.75, 3.05) is 6.54 Å². The zero-order valence-electron chi connectivity index (χ0n) is 11.5. The number of nitrogens with zero attached hydrogens (tertiary/aromatic N) is 1. The Hall–Kier alpha value is -1.71. The van der Waals surface area contributed by atoms with Gasteiger partial charge in [-0.1, -0.05) is 37.3 Å². The second kappa shape index (κ2) is 6.16. The standard InChI is InChI=1S/C17H18N2S/c1-2-18-16(17-8-5-11-20-17)12-14-10-9-13-6-3-4-7-15(13)19-14/h3-11,16,18H,2,12H2,1H3. The van der Waals surface area contributed by atoms with Crippen LogP contribution < -0.4 is 5.32 Å². The summed E-state index contributed by atoms with van der Waals surface area (Å²) >= 11 is 1.80. The zero-order chi connectivity index (χ0) is 13.8. The van der Waals surface area contributed by atoms with Gasteiger partial charge in [0, 0.05) is 28.4 Å². The van der Waals surface area contributed by atoms with Gasteiger partial charge < -0.3 is 5.32 Å². The lowest BCUT2D eigenvalue weighted by molar-refractivity contribution is 0.553. The Balaban J connectivity index is 1.86. The van der Waals surface area contributed by atoms with Crippen LogP contribution in [0, 0.1) is 0 Å². The fraction of sp³-hybridized carbons (Fsp3) is 0.235. The molecule has 0 radical (unpaired) electrons. The van der Waals surface area contributed by atoms with E-state index >= 15 is 0 Å². The first-order valence-corrected chi connectivity index (χ1v) is 7.86. The topological polar surface area (TPSA) is 24.9 Å². The molecule has 3 heteroatoms. The van der Waals surface area contributed by atoms with Crippen molar-refractivity contribution in [1.82, 2.24) is 10.3 Å². The van der Waals surface area contributed by atoms with Gasteiger partial charge in [0.25, 0.3) is 0 Å². The lowest BCUT2D eigenvalue weighted by Crippen LogP contribution is -2.22. The van der Waals surface area contributed by atoms with Gasteiger partial charge in [0.05, 0.1) is 5.52 Å². The van der Waals surface area contributed by atoms with Crippen LogP contribution in [-0.2, 0) is 6.42 Å². The maximum absolute atomic E-state index is 4.77. The van der Waals surface area contributed by atoms with E-state index in [1.165, 1.54) is 10.3 Å². The maximum atomic E-state index is 4.77. The Morgan fingerprint density at radius 3 is 2.80 bits per heavy atom. The third-order valence-corrected chi connectivity index (χ3v) is 4.39. The molecular weight excluding hydrogens is 264 g/mol. The van der Waals surface area contributed by atoms with E-state index in [0.29, 0.717) is 6.04 Å². The van der Waals surface area contributed by atoms with Crippen LogP contribution in [0.25, 0.3) is 10.9 Å². The van der Waals surface area contributed by atoms with Crippen molar-refractivity contribution in [1.29, 1.82) is 0 Å². The highest BCUT2D eigenvalue weighted by molar-refractivity contribution is 7.10. The monoisotopic (exact) mass is 282 g/mol. The van der Waals surface area contributed by atoms with E-state index in [0.717, 1.165) is 24.2 Å². The molecule has 3 aromatic rings. The quantitative estimate of drug-likeness (QED) is 0.759. The van der Waals surface area contributed by atoms with Gasteiger partial charge in [0.2, 0.25) is 0 Å². The number of fused-ring (bicyclic) bond motifs is 1. The highest BCUT2D eigenvalue weighted by Gasteiger charge is 2.13. The molecule has 0 spiro atoms. The second-order valence-corrected chi connectivity index (χ2v) is 5.80. The predicted molar refractivity (Wildman–Crippen MR) is 86.2 cm³/mol. The Morgan fingerprint density at radius 2 is 2.00 bits per heavy atom. The van der Waals surface area contributed by atoms with E-state index < -0.39 is 0 Å². The van der Waals surface area contributed by atoms with Gasteiger partial charge in [0.15, 0.2) is 0 Å². The number of benzene rings is 1. The zero-order valence-corrected chi connectivity index (χ0v) is 12.4. The van der Waals surface area contributed by atoms with Crippen LogP contribution in [-0.4, -0.2) is 11.5 Å². The molecule has 0 saturated heterocycles. The number of aromatic nitrogens is 1. The molecule has 0 aliphatic carbocycles. The molecule has 3 rings (SSSR count). The first kappa shape index (κ1) is 13.3. The lowest BCUT2D eigenvalue weighted by Gasteiger charge is -2.16. The van der Waals surface area contributed by atoms with E-state index in [4.69, 9.17) is 4.98 Å². The van der Waals surface area contributed by atoms with Crippen LogP contribution in [0.5, 0.6) is 0 Å². The minimum atomic E-state index is 0.355. The van der Waals surface area contributed by atoms with Gasteiger partial charge in [-0.3, -0.25) is 4.98 Å². The first-order valence-electron chi connectivity index (χ1n) is 6.98. The van der Waals surface area contributed by atoms with Crippen molar-refractivity contribution in [2.24, 2.45) is 0 Å². The lowest BCUT2D eigenvalue weighted by atomic mass is 10.1. The second-order valence-electron chi connectivity index (χ2n) is 4.83. The summed E-state index contributed by atoms with van der Waals surface area (Å²) in [5.41, 5.74) is 2.22. The van der Waals surface area contributed by atoms with Crippen LogP contribution in [0.4, 0.5) is 0 Å². The summed E-state index contributed by atoms with van der Waals surface area (Å²) in [6, 6.07) is 17.2. The molecule has 0 aliphatic rings. The van der Waals surface area contributed by atoms with Gasteiger partial charge in [-0.2, -0.15) is 0 Å². The van der Waals surface area contributed by atoms with E-state index in [1.54, 1.807) is 11.3 Å². The van der Waals surface area contributed by atoms with Gasteiger partial charge in [-0.25, -0.2) is 0 Å². The summed E-state index contributed by atoms with van der Waals surface area (Å²) in [7, 11) is 0. The van der Waals surface area contributed by atoms with E-state index in [1.807, 2.05) is 6.07 Å². The summed E-state index contributed by atoms with van der Waals surface area (Å²) in [6.07, 6.45) is 0.930. The fourth-order valence-electron chi connectivity index (χ4n) is 2.44. The Kier molecular flexibility index (Phi) is 4.09. The van der Waals surface area contributed by atoms with Crippen LogP contribution in [0.1, 0.15) is 23.5 Å². The molecule has 0 aliphatic heterocycles. The molecule has 2 nitrogen and oxygen atoms in total. The summed E-state index contributed by atoms with van der Waals surface area (Å²) in [6.45, 7) is 3.12. The summed E-state index contributed by atoms with van der Waals surface area (Å²) in [5.74, 6) is 0. The van der Waals surface area contributed by atoms with E-state index in [9.17, 15) is 0 Å². The number of hydrogen-bond acceptors (Lipinski definition) is 3. The van der Waals surface area contributed by atoms with E-state index in [2.05, 4.69) is 60.1 Å². The number of hydrogen-bond donors (Lipinski definition) is 1. The Labute approximate surface area is 123 Å². The average molecular weight is 282 g/mol. The van der Waals surface area contributed by atoms with E-state index in [-0.39, 0.29) is 0 Å². The fourth-order valence-corrected chi connectivity index (χ4v) is 3.24. The molecule has 2 heterocycles. The SMILES string of the molecule is CCNC(Cc1ccc2ccccc2n1)c1cccs1. The number of nitrogens with one attached hydrogen (secondary N) is 1. The Morgan fingerprint density at radius 1 is 1.10 bits per heavy atom. The summed E-state index contributed by atoms with van der Waals surface area (Å²) < 4.78 is 0. The minimum Gasteiger partial charge on any atom is -0.309 e. The molecule has 0 amide bonds. The number of pyridine rings is 1. The van der Waals surface area contributed by atoms with Crippen LogP contribution in [0.15, 0.2) is 53.9 Å². The van der Waals surface area contributed by atoms with Crippen molar-refractivity contribution < 1.29 is 0 Å². The number of para-hydroxylation sites is 1. The smallest absolute Gasteiger partial charge is 0.0705 e. The molecular formula is C17H18N2S. The summed E-state index contributed by atoms with van der Waals surface area (Å²) in [4.78, 5) is 6.15. The third kappa shape index (κ3) is 2.89. The van der Waals surface area contributed by atoms with Crippen LogP contribution >= 0.6 is 11.3 Å². The molecule has 20 heavy (non-hydrogen) atoms. The molecule has 0 fully saturated rings. The van der Waals surface area contributed by atoms with Crippen molar-refractivity contribution >= 4 is 22.2 Å². The van der Waals surface area contributed by atoms with Gasteiger partial charge in [-0.05, 0) is 30.1 Å². The Bertz CT molecular complexity index is 676. The van der Waals surface area contributed by atoms with Crippen molar-refractivity contribution in [3.05, 3.63) is 64.5 Å². The molecule has 0 saturated carbocycles. The van der Waals surface area contributed by atoms with Crippen molar-refractivity contribution in [3.8, 4) is 0 Å². The molecule has 1 atom stereocenters. The largest absolute Gasteiger partial charge is 0.309 e. The molecule has 1 unspecified atom stereocenters. The third-order valence-electron chi connectivity index (χ3n) is 3.41. The predicted octanol–water partition coefficient (Wildman–Crippen LogP) is 4.19. The molecule has 1 N–H and O–H groups in total. The number of likely N-dealkylation sites (N-methyl/N-ethyl adjacent to an activating group) is 1. The highest BCUT2D eigenvalue weighted by atomic mass is 32.1. The van der Waals surface area contributed by atoms with Crippen molar-refractivity contribution in [2.45, 2.75) is 19.4 Å². The van der Waals surface area contributed by atoms with Gasteiger partial charge in [0.1, 0.15) is 0 Å². The normalized spacial score (nSPS) is 12.7. The van der Waals surface area contributed by atoms with Crippen LogP contribution in [0.2, 0.25) is 0 Å². The highest BCUT2D eigenvalue weighted by Crippen LogP contribution is 2.23. The number of rotatable bonds is 5. The maximum Gasteiger partial charge on any atom is 0.0705 e. The van der Waals surface area contributed by atoms with Crippen molar-refractivity contribution in [3.63, 3.8) is 0 Å². The molecule has 102 valence electrons. The van der Waals surface area contributed by atoms with Gasteiger partial charge >= 0.3 is 0 Å². The molecule has 1 aromatic carbocycles. The van der Waals surface area contributed by atoms with Crippen LogP contribution in [0.3, 0.4) is 0 Å². The molecule has 0 bridgehead atoms. The van der Waals surface area contributed by atoms with Gasteiger partial charge in [-0.15, -0.1) is 11.3 Å². The average Bonchev–Trinajstić information content (AvgIpc) is 3.01. The minimum absolute atomic E-state index is 0.355. The summed E-state index contributed by atoms with van der Waals surface area (Å²) in [5, 5.41) is 6.89. The molecule has 2 aromatic heterocycles. The number of thiophene rings is 1. The first-order chi connectivity index (χ1) is 9.86.